The Morgan fingerprint density at radius 2 is 1.78 bits per heavy atom. The zero-order valence-electron chi connectivity index (χ0n) is 14.8. The molecule has 0 fully saturated rings. The minimum absolute atomic E-state index is 0.443. The van der Waals surface area contributed by atoms with Gasteiger partial charge in [-0.2, -0.15) is 0 Å². The van der Waals surface area contributed by atoms with E-state index in [2.05, 4.69) is 45.0 Å². The van der Waals surface area contributed by atoms with Crippen molar-refractivity contribution in [2.45, 2.75) is 52.4 Å². The molecule has 0 unspecified atom stereocenters. The Balaban J connectivity index is 2.12. The molecule has 122 valence electrons. The van der Waals surface area contributed by atoms with Gasteiger partial charge in [0.15, 0.2) is 0 Å². The molecule has 2 rings (SSSR count). The molecule has 0 saturated heterocycles. The molecular weight excluding hydrogens is 316 g/mol. The topological polar surface area (TPSA) is 20.2 Å². The van der Waals surface area contributed by atoms with Crippen LogP contribution in [0.5, 0.6) is 5.75 Å². The summed E-state index contributed by atoms with van der Waals surface area (Å²) in [5.41, 5.74) is 6.24. The maximum absolute atomic E-state index is 10.0. The average Bonchev–Trinajstić information content (AvgIpc) is 2.57. The Morgan fingerprint density at radius 3 is 2.43 bits per heavy atom. The van der Waals surface area contributed by atoms with Gasteiger partial charge in [-0.1, -0.05) is 37.2 Å². The molecule has 0 aliphatic rings. The van der Waals surface area contributed by atoms with Crippen LogP contribution in [0.2, 0.25) is 0 Å². The first-order valence-corrected chi connectivity index (χ1v) is 10.5. The number of hydrogen-bond acceptors (Lipinski definition) is 2. The quantitative estimate of drug-likeness (QED) is 0.615. The Labute approximate surface area is 147 Å². The van der Waals surface area contributed by atoms with Gasteiger partial charge in [0, 0.05) is 4.90 Å². The van der Waals surface area contributed by atoms with E-state index in [1.54, 1.807) is 5.56 Å². The van der Waals surface area contributed by atoms with E-state index < -0.39 is 0 Å². The van der Waals surface area contributed by atoms with Crippen molar-refractivity contribution in [3.8, 4) is 5.75 Å². The molecule has 2 aromatic rings. The molecule has 0 aliphatic heterocycles. The summed E-state index contributed by atoms with van der Waals surface area (Å²) >= 11 is 1.91. The Kier molecular flexibility index (Phi) is 6.37. The van der Waals surface area contributed by atoms with Crippen molar-refractivity contribution in [1.29, 1.82) is 0 Å². The normalized spacial score (nSPS) is 11.0. The lowest BCUT2D eigenvalue weighted by Gasteiger charge is -2.14. The fourth-order valence-electron chi connectivity index (χ4n) is 2.92. The van der Waals surface area contributed by atoms with Gasteiger partial charge in [0.2, 0.25) is 0 Å². The van der Waals surface area contributed by atoms with Crippen molar-refractivity contribution in [1.82, 2.24) is 0 Å². The van der Waals surface area contributed by atoms with E-state index in [1.165, 1.54) is 21.2 Å². The highest BCUT2D eigenvalue weighted by molar-refractivity contribution is 8.00. The zero-order valence-corrected chi connectivity index (χ0v) is 16.6. The molecule has 2 radical (unpaired) electrons. The summed E-state index contributed by atoms with van der Waals surface area (Å²) in [6, 6.07) is 8.87. The maximum Gasteiger partial charge on any atom is 0.121 e. The minimum Gasteiger partial charge on any atom is -0.507 e. The van der Waals surface area contributed by atoms with Gasteiger partial charge < -0.3 is 5.11 Å². The molecule has 0 bridgehead atoms. The SMILES string of the molecule is CCc1cccc([Si]CSc2cc(C)c(O)c(C)c2C)c1CC. The number of rotatable bonds is 6. The van der Waals surface area contributed by atoms with Gasteiger partial charge >= 0.3 is 0 Å². The van der Waals surface area contributed by atoms with Crippen LogP contribution >= 0.6 is 11.8 Å². The van der Waals surface area contributed by atoms with E-state index in [-0.39, 0.29) is 0 Å². The third-order valence-electron chi connectivity index (χ3n) is 4.51. The molecule has 2 aromatic carbocycles. The van der Waals surface area contributed by atoms with Crippen molar-refractivity contribution in [3.05, 3.63) is 52.1 Å². The van der Waals surface area contributed by atoms with Crippen LogP contribution in [0.1, 0.15) is 41.7 Å². The molecule has 0 atom stereocenters. The molecule has 0 spiro atoms. The first-order valence-electron chi connectivity index (χ1n) is 8.26. The summed E-state index contributed by atoms with van der Waals surface area (Å²) in [7, 11) is 0.823. The Bertz CT molecular complexity index is 695. The van der Waals surface area contributed by atoms with E-state index in [0.717, 1.165) is 38.9 Å². The fraction of sp³-hybridized carbons (Fsp3) is 0.400. The van der Waals surface area contributed by atoms with Gasteiger partial charge in [0.1, 0.15) is 5.75 Å². The molecule has 1 nitrogen and oxygen atoms in total. The molecule has 0 aromatic heterocycles. The fourth-order valence-corrected chi connectivity index (χ4v) is 5.85. The van der Waals surface area contributed by atoms with E-state index in [4.69, 9.17) is 0 Å². The third kappa shape index (κ3) is 4.02. The van der Waals surface area contributed by atoms with Crippen LogP contribution in [-0.4, -0.2) is 20.0 Å². The summed E-state index contributed by atoms with van der Waals surface area (Å²) in [5, 5.41) is 12.7. The highest BCUT2D eigenvalue weighted by Gasteiger charge is 2.11. The van der Waals surface area contributed by atoms with E-state index >= 15 is 0 Å². The second kappa shape index (κ2) is 8.07. The first kappa shape index (κ1) is 18.1. The Morgan fingerprint density at radius 1 is 1.04 bits per heavy atom. The van der Waals surface area contributed by atoms with Crippen molar-refractivity contribution in [2.75, 3.05) is 5.38 Å². The smallest absolute Gasteiger partial charge is 0.121 e. The molecule has 0 heterocycles. The summed E-state index contributed by atoms with van der Waals surface area (Å²) in [5.74, 6) is 0.443. The van der Waals surface area contributed by atoms with Crippen molar-refractivity contribution in [3.63, 3.8) is 0 Å². The molecule has 0 amide bonds. The van der Waals surface area contributed by atoms with E-state index in [9.17, 15) is 5.11 Å². The van der Waals surface area contributed by atoms with Crippen LogP contribution in [0.3, 0.4) is 0 Å². The van der Waals surface area contributed by atoms with Crippen LogP contribution in [0, 0.1) is 20.8 Å². The number of aryl methyl sites for hydroxylation is 2. The van der Waals surface area contributed by atoms with Crippen LogP contribution in [0.15, 0.2) is 29.2 Å². The third-order valence-corrected chi connectivity index (χ3v) is 7.25. The van der Waals surface area contributed by atoms with Gasteiger partial charge in [-0.15, -0.1) is 11.8 Å². The number of phenolic OH excluding ortho intramolecular Hbond substituents is 1. The lowest BCUT2D eigenvalue weighted by molar-refractivity contribution is 0.465. The van der Waals surface area contributed by atoms with Crippen molar-refractivity contribution in [2.24, 2.45) is 0 Å². The summed E-state index contributed by atoms with van der Waals surface area (Å²) < 4.78 is 0. The first-order chi connectivity index (χ1) is 11.0. The minimum atomic E-state index is 0.443. The monoisotopic (exact) mass is 342 g/mol. The van der Waals surface area contributed by atoms with Gasteiger partial charge in [0.25, 0.3) is 0 Å². The number of thioether (sulfide) groups is 1. The molecule has 0 aliphatic carbocycles. The molecule has 1 N–H and O–H groups in total. The molecule has 3 heteroatoms. The lowest BCUT2D eigenvalue weighted by Crippen LogP contribution is -2.22. The highest BCUT2D eigenvalue weighted by Crippen LogP contribution is 2.32. The largest absolute Gasteiger partial charge is 0.507 e. The van der Waals surface area contributed by atoms with Crippen LogP contribution in [0.4, 0.5) is 0 Å². The maximum atomic E-state index is 10.0. The van der Waals surface area contributed by atoms with Crippen molar-refractivity contribution < 1.29 is 5.11 Å². The summed E-state index contributed by atoms with van der Waals surface area (Å²) in [6.07, 6.45) is 2.23. The van der Waals surface area contributed by atoms with E-state index in [1.807, 2.05) is 25.6 Å². The molecule has 0 saturated carbocycles. The number of aromatic hydroxyl groups is 1. The second-order valence-corrected chi connectivity index (χ2v) is 8.68. The number of phenols is 1. The zero-order chi connectivity index (χ0) is 17.0. The number of benzene rings is 2. The predicted octanol–water partition coefficient (Wildman–Crippen LogP) is 4.52. The molecular formula is C20H26OSSi. The van der Waals surface area contributed by atoms with Crippen LogP contribution in [0.25, 0.3) is 0 Å². The van der Waals surface area contributed by atoms with E-state index in [0.29, 0.717) is 5.75 Å². The van der Waals surface area contributed by atoms with Crippen molar-refractivity contribution >= 4 is 26.5 Å². The highest BCUT2D eigenvalue weighted by atomic mass is 32.2. The van der Waals surface area contributed by atoms with Gasteiger partial charge in [-0.3, -0.25) is 0 Å². The average molecular weight is 343 g/mol. The second-order valence-electron chi connectivity index (χ2n) is 5.91. The predicted molar refractivity (Wildman–Crippen MR) is 104 cm³/mol. The van der Waals surface area contributed by atoms with Gasteiger partial charge in [0.05, 0.1) is 9.52 Å². The summed E-state index contributed by atoms with van der Waals surface area (Å²) in [4.78, 5) is 1.30. The summed E-state index contributed by atoms with van der Waals surface area (Å²) in [6.45, 7) is 10.6. The standard InChI is InChI=1S/C20H26OSSi/c1-6-16-9-8-10-19(17(16)7-2)23-12-22-18-11-13(3)20(21)15(5)14(18)4/h8-11,21H,6-7,12H2,1-5H3. The van der Waals surface area contributed by atoms with Crippen LogP contribution < -0.4 is 5.19 Å². The molecule has 23 heavy (non-hydrogen) atoms. The van der Waals surface area contributed by atoms with Gasteiger partial charge in [-0.05, 0) is 72.9 Å². The number of hydrogen-bond donors (Lipinski definition) is 1. The Hall–Kier alpha value is -1.19. The van der Waals surface area contributed by atoms with Crippen LogP contribution in [-0.2, 0) is 12.8 Å². The lowest BCUT2D eigenvalue weighted by atomic mass is 10.0. The van der Waals surface area contributed by atoms with Gasteiger partial charge in [-0.25, -0.2) is 0 Å².